The number of piperidine rings is 1. The van der Waals surface area contributed by atoms with Gasteiger partial charge in [0.2, 0.25) is 5.95 Å². The summed E-state index contributed by atoms with van der Waals surface area (Å²) in [4.78, 5) is 32.8. The largest absolute Gasteiger partial charge is 0.444 e. The maximum atomic E-state index is 13.0. The van der Waals surface area contributed by atoms with Crippen molar-refractivity contribution < 1.29 is 9.53 Å². The van der Waals surface area contributed by atoms with Gasteiger partial charge in [-0.15, -0.1) is 0 Å². The number of nitrogens with one attached hydrogen (secondary N) is 1. The molecule has 9 heteroatoms. The van der Waals surface area contributed by atoms with E-state index in [-0.39, 0.29) is 18.2 Å². The molecule has 1 aromatic heterocycles. The van der Waals surface area contributed by atoms with Crippen molar-refractivity contribution in [3.63, 3.8) is 0 Å². The summed E-state index contributed by atoms with van der Waals surface area (Å²) in [5.74, 6) is 3.98. The number of ether oxygens (including phenoxy) is 1. The van der Waals surface area contributed by atoms with E-state index in [1.807, 2.05) is 25.7 Å². The van der Waals surface area contributed by atoms with Crippen LogP contribution in [0.3, 0.4) is 0 Å². The Balaban J connectivity index is 1.08. The van der Waals surface area contributed by atoms with E-state index in [4.69, 9.17) is 14.7 Å². The van der Waals surface area contributed by atoms with Crippen LogP contribution in [0.2, 0.25) is 0 Å². The summed E-state index contributed by atoms with van der Waals surface area (Å²) in [6.45, 7) is 17.6. The van der Waals surface area contributed by atoms with Crippen molar-refractivity contribution in [2.75, 3.05) is 62.2 Å². The first-order chi connectivity index (χ1) is 17.6. The van der Waals surface area contributed by atoms with Crippen LogP contribution < -0.4 is 15.1 Å². The quantitative estimate of drug-likeness (QED) is 0.664. The summed E-state index contributed by atoms with van der Waals surface area (Å²) in [5, 5.41) is 3.52. The number of nitrogens with zero attached hydrogens (tertiary/aromatic N) is 6. The van der Waals surface area contributed by atoms with E-state index >= 15 is 0 Å². The lowest BCUT2D eigenvalue weighted by Crippen LogP contribution is -2.60. The molecule has 1 aliphatic carbocycles. The molecule has 9 nitrogen and oxygen atoms in total. The first-order valence-electron chi connectivity index (χ1n) is 14.5. The molecule has 5 aliphatic heterocycles. The fourth-order valence-electron chi connectivity index (χ4n) is 7.70. The van der Waals surface area contributed by atoms with Crippen LogP contribution >= 0.6 is 0 Å². The van der Waals surface area contributed by atoms with Crippen LogP contribution in [0.4, 0.5) is 16.6 Å². The number of anilines is 2. The number of rotatable bonds is 4. The second kappa shape index (κ2) is 8.43. The van der Waals surface area contributed by atoms with E-state index in [0.717, 1.165) is 87.8 Å². The van der Waals surface area contributed by atoms with E-state index in [1.165, 1.54) is 31.6 Å². The summed E-state index contributed by atoms with van der Waals surface area (Å²) in [6, 6.07) is 0.367. The summed E-state index contributed by atoms with van der Waals surface area (Å²) in [5.41, 5.74) is 2.31. The molecule has 1 aromatic rings. The predicted octanol–water partition coefficient (Wildman–Crippen LogP) is 2.49. The van der Waals surface area contributed by atoms with Gasteiger partial charge in [-0.1, -0.05) is 6.92 Å². The van der Waals surface area contributed by atoms with Crippen molar-refractivity contribution in [2.24, 2.45) is 17.3 Å². The Kier molecular flexibility index (Phi) is 5.46. The van der Waals surface area contributed by atoms with E-state index < -0.39 is 5.60 Å². The van der Waals surface area contributed by atoms with Crippen LogP contribution in [0.15, 0.2) is 0 Å². The van der Waals surface area contributed by atoms with Crippen LogP contribution in [0.25, 0.3) is 0 Å². The number of likely N-dealkylation sites (tertiary alicyclic amines) is 1. The average Bonchev–Trinajstić information content (AvgIpc) is 3.33. The highest BCUT2D eigenvalue weighted by Crippen LogP contribution is 2.46. The number of hydrogen-bond acceptors (Lipinski definition) is 8. The number of fused-ring (bicyclic) bond motifs is 4. The molecule has 2 unspecified atom stereocenters. The van der Waals surface area contributed by atoms with Crippen molar-refractivity contribution in [3.05, 3.63) is 11.3 Å². The number of carbonyl (C=O) groups excluding carboxylic acids is 1. The smallest absolute Gasteiger partial charge is 0.410 e. The Morgan fingerprint density at radius 3 is 2.43 bits per heavy atom. The van der Waals surface area contributed by atoms with Gasteiger partial charge in [-0.25, -0.2) is 9.78 Å². The molecule has 1 amide bonds. The zero-order chi connectivity index (χ0) is 25.5. The molecular weight excluding hydrogens is 466 g/mol. The molecule has 0 aromatic carbocycles. The van der Waals surface area contributed by atoms with E-state index in [9.17, 15) is 4.79 Å². The van der Waals surface area contributed by atoms with E-state index in [2.05, 4.69) is 26.9 Å². The number of piperazine rings is 1. The molecule has 1 saturated carbocycles. The second-order valence-electron chi connectivity index (χ2n) is 14.0. The molecule has 4 saturated heterocycles. The monoisotopic (exact) mass is 509 g/mol. The number of aromatic nitrogens is 2. The van der Waals surface area contributed by atoms with Crippen molar-refractivity contribution in [1.82, 2.24) is 25.1 Å². The van der Waals surface area contributed by atoms with Crippen LogP contribution in [0.5, 0.6) is 0 Å². The topological polar surface area (TPSA) is 77.1 Å². The maximum Gasteiger partial charge on any atom is 0.410 e. The number of amides is 1. The number of carbonyl (C=O) groups is 1. The lowest BCUT2D eigenvalue weighted by atomic mass is 9.81. The second-order valence-corrected chi connectivity index (χ2v) is 14.0. The molecule has 7 rings (SSSR count). The van der Waals surface area contributed by atoms with Gasteiger partial charge in [0, 0.05) is 63.3 Å². The van der Waals surface area contributed by atoms with Crippen LogP contribution in [0, 0.1) is 17.3 Å². The third-order valence-electron chi connectivity index (χ3n) is 9.38. The third-order valence-corrected chi connectivity index (χ3v) is 9.38. The Morgan fingerprint density at radius 2 is 1.76 bits per heavy atom. The minimum Gasteiger partial charge on any atom is -0.444 e. The zero-order valence-electron chi connectivity index (χ0n) is 23.0. The molecule has 4 atom stereocenters. The maximum absolute atomic E-state index is 13.0. The van der Waals surface area contributed by atoms with Gasteiger partial charge in [0.25, 0.3) is 0 Å². The summed E-state index contributed by atoms with van der Waals surface area (Å²) >= 11 is 0. The molecule has 2 bridgehead atoms. The lowest BCUT2D eigenvalue weighted by molar-refractivity contribution is 0.0122. The fourth-order valence-corrected chi connectivity index (χ4v) is 7.70. The fraction of sp³-hybridized carbons (Fsp3) is 0.821. The van der Waals surface area contributed by atoms with Gasteiger partial charge in [0.05, 0.1) is 17.8 Å². The molecule has 0 spiro atoms. The highest BCUT2D eigenvalue weighted by atomic mass is 16.6. The minimum atomic E-state index is -0.470. The van der Waals surface area contributed by atoms with Crippen molar-refractivity contribution in [2.45, 2.75) is 77.6 Å². The molecule has 6 heterocycles. The van der Waals surface area contributed by atoms with Gasteiger partial charge in [0.15, 0.2) is 0 Å². The van der Waals surface area contributed by atoms with Crippen LogP contribution in [0.1, 0.15) is 58.2 Å². The molecular formula is C28H43N7O2. The third kappa shape index (κ3) is 4.46. The summed E-state index contributed by atoms with van der Waals surface area (Å²) in [6.07, 6.45) is 4.33. The van der Waals surface area contributed by atoms with Crippen molar-refractivity contribution in [1.29, 1.82) is 0 Å². The average molecular weight is 510 g/mol. The lowest BCUT2D eigenvalue weighted by Gasteiger charge is -2.50. The van der Waals surface area contributed by atoms with E-state index in [1.54, 1.807) is 0 Å². The van der Waals surface area contributed by atoms with Gasteiger partial charge in [0.1, 0.15) is 11.4 Å². The predicted molar refractivity (Wildman–Crippen MR) is 143 cm³/mol. The Morgan fingerprint density at radius 1 is 1.05 bits per heavy atom. The van der Waals surface area contributed by atoms with Crippen molar-refractivity contribution >= 4 is 17.9 Å². The highest BCUT2D eigenvalue weighted by molar-refractivity contribution is 5.70. The normalized spacial score (nSPS) is 32.2. The Labute approximate surface area is 220 Å². The minimum absolute atomic E-state index is 0.163. The first-order valence-corrected chi connectivity index (χ1v) is 14.5. The summed E-state index contributed by atoms with van der Waals surface area (Å²) < 4.78 is 5.76. The highest BCUT2D eigenvalue weighted by Gasteiger charge is 2.49. The molecule has 202 valence electrons. The van der Waals surface area contributed by atoms with Crippen molar-refractivity contribution in [3.8, 4) is 0 Å². The molecule has 37 heavy (non-hydrogen) atoms. The molecule has 5 fully saturated rings. The Hall–Kier alpha value is -2.13. The SMILES string of the molecule is CC1(CN2CC3CC3C2)CN(c2nc3c(c(N4C[C@H]5CC[C@@H](C4)N5C(=O)OC(C)(C)C)n2)CCNC3)C1. The molecule has 6 aliphatic rings. The molecule has 1 N–H and O–H groups in total. The molecule has 0 radical (unpaired) electrons. The van der Waals surface area contributed by atoms with Gasteiger partial charge in [-0.2, -0.15) is 4.98 Å². The van der Waals surface area contributed by atoms with Gasteiger partial charge in [-0.05, 0) is 64.8 Å². The van der Waals surface area contributed by atoms with Gasteiger partial charge in [-0.3, -0.25) is 4.90 Å². The van der Waals surface area contributed by atoms with Crippen LogP contribution in [-0.2, 0) is 17.7 Å². The van der Waals surface area contributed by atoms with Gasteiger partial charge < -0.3 is 24.8 Å². The van der Waals surface area contributed by atoms with Gasteiger partial charge >= 0.3 is 6.09 Å². The van der Waals surface area contributed by atoms with E-state index in [0.29, 0.717) is 5.41 Å². The summed E-state index contributed by atoms with van der Waals surface area (Å²) in [7, 11) is 0. The number of hydrogen-bond donors (Lipinski definition) is 1. The standard InChI is InChI=1S/C28H43N7O2/c1-27(2,3)37-26(36)35-20-5-6-21(35)14-33(13-20)24-22-7-8-29-10-23(22)30-25(31-24)34-16-28(4,17-34)15-32-11-18-9-19(18)12-32/h18-21,29H,5-17H2,1-4H3/t18?,19?,20-,21+. The van der Waals surface area contributed by atoms with Crippen LogP contribution in [-0.4, -0.2) is 95.9 Å². The first kappa shape index (κ1) is 23.9. The Bertz CT molecular complexity index is 1060. The zero-order valence-corrected chi connectivity index (χ0v) is 23.0.